The van der Waals surface area contributed by atoms with Crippen LogP contribution in [0.15, 0.2) is 18.2 Å². The van der Waals surface area contributed by atoms with Crippen molar-refractivity contribution in [1.82, 2.24) is 0 Å². The Balaban J connectivity index is 2.25. The molecule has 6 heteroatoms. The van der Waals surface area contributed by atoms with Crippen LogP contribution in [-0.4, -0.2) is 12.8 Å². The van der Waals surface area contributed by atoms with E-state index in [-0.39, 0.29) is 19.6 Å². The first-order chi connectivity index (χ1) is 7.88. The zero-order valence-electron chi connectivity index (χ0n) is 9.06. The number of benzene rings is 1. The molecule has 0 heterocycles. The van der Waals surface area contributed by atoms with Crippen LogP contribution in [0.1, 0.15) is 18.4 Å². The minimum Gasteiger partial charge on any atom is -0.398 e. The Morgan fingerprint density at radius 1 is 1.29 bits per heavy atom. The molecule has 0 bridgehead atoms. The fourth-order valence-electron chi connectivity index (χ4n) is 1.25. The maximum atomic E-state index is 11.8. The summed E-state index contributed by atoms with van der Waals surface area (Å²) < 4.78 is 40.6. The van der Waals surface area contributed by atoms with E-state index in [1.165, 1.54) is 0 Å². The Hall–Kier alpha value is -0.940. The van der Waals surface area contributed by atoms with Gasteiger partial charge in [0, 0.05) is 13.0 Å². The van der Waals surface area contributed by atoms with E-state index in [2.05, 4.69) is 0 Å². The molecule has 1 aromatic carbocycles. The topological polar surface area (TPSA) is 35.2 Å². The van der Waals surface area contributed by atoms with Crippen molar-refractivity contribution in [2.24, 2.45) is 0 Å². The predicted octanol–water partition coefficient (Wildman–Crippen LogP) is 3.78. The molecule has 0 spiro atoms. The van der Waals surface area contributed by atoms with Gasteiger partial charge in [0.1, 0.15) is 0 Å². The van der Waals surface area contributed by atoms with Gasteiger partial charge in [-0.2, -0.15) is 13.2 Å². The van der Waals surface area contributed by atoms with Crippen molar-refractivity contribution >= 4 is 17.3 Å². The van der Waals surface area contributed by atoms with Crippen molar-refractivity contribution in [3.8, 4) is 0 Å². The van der Waals surface area contributed by atoms with Crippen molar-refractivity contribution < 1.29 is 17.9 Å². The summed E-state index contributed by atoms with van der Waals surface area (Å²) in [5, 5.41) is 0.450. The molecule has 0 aromatic heterocycles. The first-order valence-corrected chi connectivity index (χ1v) is 5.45. The van der Waals surface area contributed by atoms with Gasteiger partial charge in [0.2, 0.25) is 0 Å². The van der Waals surface area contributed by atoms with Gasteiger partial charge in [-0.25, -0.2) is 0 Å². The van der Waals surface area contributed by atoms with Crippen LogP contribution in [0.3, 0.4) is 0 Å². The van der Waals surface area contributed by atoms with Crippen molar-refractivity contribution in [1.29, 1.82) is 0 Å². The van der Waals surface area contributed by atoms with Gasteiger partial charge >= 0.3 is 6.18 Å². The van der Waals surface area contributed by atoms with Crippen molar-refractivity contribution in [3.05, 3.63) is 28.8 Å². The van der Waals surface area contributed by atoms with Gasteiger partial charge in [-0.05, 0) is 24.1 Å². The van der Waals surface area contributed by atoms with E-state index in [0.29, 0.717) is 10.7 Å². The summed E-state index contributed by atoms with van der Waals surface area (Å²) in [6.45, 7) is 0.307. The Morgan fingerprint density at radius 2 is 2.00 bits per heavy atom. The lowest BCUT2D eigenvalue weighted by molar-refractivity contribution is -0.138. The van der Waals surface area contributed by atoms with Gasteiger partial charge in [-0.1, -0.05) is 17.7 Å². The Bertz CT molecular complexity index is 368. The van der Waals surface area contributed by atoms with E-state index in [1.807, 2.05) is 0 Å². The summed E-state index contributed by atoms with van der Waals surface area (Å²) in [4.78, 5) is 0. The van der Waals surface area contributed by atoms with E-state index in [4.69, 9.17) is 22.1 Å². The number of nitrogen functional groups attached to an aromatic ring is 1. The van der Waals surface area contributed by atoms with Gasteiger partial charge in [0.15, 0.2) is 0 Å². The average molecular weight is 268 g/mol. The van der Waals surface area contributed by atoms with Crippen LogP contribution in [0.4, 0.5) is 18.9 Å². The molecular weight excluding hydrogens is 255 g/mol. The van der Waals surface area contributed by atoms with E-state index in [9.17, 15) is 13.2 Å². The van der Waals surface area contributed by atoms with Crippen LogP contribution in [0.2, 0.25) is 5.02 Å². The Kier molecular flexibility index (Phi) is 5.08. The summed E-state index contributed by atoms with van der Waals surface area (Å²) in [6.07, 6.45) is -4.98. The molecule has 96 valence electrons. The Labute approximate surface area is 103 Å². The highest BCUT2D eigenvalue weighted by atomic mass is 35.5. The Morgan fingerprint density at radius 3 is 2.59 bits per heavy atom. The van der Waals surface area contributed by atoms with Crippen molar-refractivity contribution in [2.75, 3.05) is 12.3 Å². The number of anilines is 1. The molecule has 0 aliphatic rings. The van der Waals surface area contributed by atoms with Crippen LogP contribution < -0.4 is 5.73 Å². The number of rotatable bonds is 5. The molecule has 1 aromatic rings. The smallest absolute Gasteiger partial charge is 0.389 e. The second-order valence-electron chi connectivity index (χ2n) is 3.63. The molecule has 0 fully saturated rings. The monoisotopic (exact) mass is 267 g/mol. The lowest BCUT2D eigenvalue weighted by Crippen LogP contribution is -2.08. The predicted molar refractivity (Wildman–Crippen MR) is 60.8 cm³/mol. The summed E-state index contributed by atoms with van der Waals surface area (Å²) in [5.74, 6) is 0. The first kappa shape index (κ1) is 14.1. The third kappa shape index (κ3) is 5.79. The highest BCUT2D eigenvalue weighted by Crippen LogP contribution is 2.22. The lowest BCUT2D eigenvalue weighted by Gasteiger charge is -2.07. The number of ether oxygens (including phenoxy) is 1. The fourth-order valence-corrected chi connectivity index (χ4v) is 1.37. The van der Waals surface area contributed by atoms with Crippen LogP contribution in [-0.2, 0) is 11.3 Å². The quantitative estimate of drug-likeness (QED) is 0.651. The lowest BCUT2D eigenvalue weighted by atomic mass is 10.2. The summed E-state index contributed by atoms with van der Waals surface area (Å²) in [6, 6.07) is 5.00. The largest absolute Gasteiger partial charge is 0.398 e. The highest BCUT2D eigenvalue weighted by molar-refractivity contribution is 6.33. The molecule has 2 N–H and O–H groups in total. The zero-order chi connectivity index (χ0) is 12.9. The molecule has 0 radical (unpaired) electrons. The second kappa shape index (κ2) is 6.12. The number of hydrogen-bond donors (Lipinski definition) is 1. The summed E-state index contributed by atoms with van der Waals surface area (Å²) in [5.41, 5.74) is 6.80. The van der Waals surface area contributed by atoms with E-state index < -0.39 is 12.6 Å². The highest BCUT2D eigenvalue weighted by Gasteiger charge is 2.25. The second-order valence-corrected chi connectivity index (χ2v) is 4.03. The third-order valence-electron chi connectivity index (χ3n) is 2.08. The normalized spacial score (nSPS) is 11.8. The number of nitrogens with two attached hydrogens (primary N) is 1. The molecule has 0 aliphatic heterocycles. The number of halogens is 4. The fraction of sp³-hybridized carbons (Fsp3) is 0.455. The number of alkyl halides is 3. The van der Waals surface area contributed by atoms with Crippen molar-refractivity contribution in [2.45, 2.75) is 25.6 Å². The first-order valence-electron chi connectivity index (χ1n) is 5.07. The molecule has 0 saturated heterocycles. The standard InChI is InChI=1S/C11H13ClF3NO/c12-9-3-2-8(6-10(9)16)7-17-5-1-4-11(13,14)15/h2-3,6H,1,4-5,7,16H2. The number of hydrogen-bond acceptors (Lipinski definition) is 2. The summed E-state index contributed by atoms with van der Waals surface area (Å²) in [7, 11) is 0. The maximum Gasteiger partial charge on any atom is 0.389 e. The molecule has 0 aliphatic carbocycles. The molecular formula is C11H13ClF3NO. The van der Waals surface area contributed by atoms with Gasteiger partial charge in [-0.3, -0.25) is 0 Å². The molecule has 0 saturated carbocycles. The van der Waals surface area contributed by atoms with Crippen LogP contribution in [0, 0.1) is 0 Å². The van der Waals surface area contributed by atoms with E-state index in [1.54, 1.807) is 18.2 Å². The average Bonchev–Trinajstić information content (AvgIpc) is 2.21. The SMILES string of the molecule is Nc1cc(COCCCC(F)(F)F)ccc1Cl. The molecule has 0 atom stereocenters. The molecule has 1 rings (SSSR count). The van der Waals surface area contributed by atoms with Crippen LogP contribution in [0.25, 0.3) is 0 Å². The van der Waals surface area contributed by atoms with Gasteiger partial charge in [-0.15, -0.1) is 0 Å². The van der Waals surface area contributed by atoms with Crippen LogP contribution in [0.5, 0.6) is 0 Å². The van der Waals surface area contributed by atoms with Crippen molar-refractivity contribution in [3.63, 3.8) is 0 Å². The van der Waals surface area contributed by atoms with E-state index in [0.717, 1.165) is 5.56 Å². The summed E-state index contributed by atoms with van der Waals surface area (Å²) >= 11 is 5.72. The molecule has 0 amide bonds. The molecule has 17 heavy (non-hydrogen) atoms. The molecule has 0 unspecified atom stereocenters. The van der Waals surface area contributed by atoms with Crippen LogP contribution >= 0.6 is 11.6 Å². The van der Waals surface area contributed by atoms with Gasteiger partial charge in [0.05, 0.1) is 17.3 Å². The van der Waals surface area contributed by atoms with Gasteiger partial charge in [0.25, 0.3) is 0 Å². The minimum atomic E-state index is -4.12. The zero-order valence-corrected chi connectivity index (χ0v) is 9.81. The maximum absolute atomic E-state index is 11.8. The van der Waals surface area contributed by atoms with E-state index >= 15 is 0 Å². The third-order valence-corrected chi connectivity index (χ3v) is 2.42. The van der Waals surface area contributed by atoms with Gasteiger partial charge < -0.3 is 10.5 Å². The molecule has 2 nitrogen and oxygen atoms in total. The minimum absolute atomic E-state index is 0.0351.